The quantitative estimate of drug-likeness (QED) is 0.384. The van der Waals surface area contributed by atoms with Gasteiger partial charge in [-0.1, -0.05) is 10.4 Å². The highest BCUT2D eigenvalue weighted by atomic mass is 32.2. The average Bonchev–Trinajstić information content (AvgIpc) is 3.37. The molecule has 4 aromatic rings. The van der Waals surface area contributed by atoms with E-state index < -0.39 is 10.0 Å². The fourth-order valence-electron chi connectivity index (χ4n) is 3.69. The van der Waals surface area contributed by atoms with Crippen LogP contribution in [0.25, 0.3) is 11.2 Å². The Morgan fingerprint density at radius 1 is 1.17 bits per heavy atom. The number of anilines is 3. The number of amides is 1. The van der Waals surface area contributed by atoms with Gasteiger partial charge in [0.15, 0.2) is 17.0 Å². The molecule has 1 fully saturated rings. The van der Waals surface area contributed by atoms with Gasteiger partial charge in [0.1, 0.15) is 6.33 Å². The number of aromatic nitrogens is 6. The molecule has 0 atom stereocenters. The summed E-state index contributed by atoms with van der Waals surface area (Å²) < 4.78 is 34.4. The maximum atomic E-state index is 12.7. The molecule has 0 aliphatic carbocycles. The summed E-state index contributed by atoms with van der Waals surface area (Å²) >= 11 is 0. The number of fused-ring (bicyclic) bond motifs is 1. The molecule has 35 heavy (non-hydrogen) atoms. The van der Waals surface area contributed by atoms with E-state index in [0.29, 0.717) is 53.6 Å². The van der Waals surface area contributed by atoms with Crippen molar-refractivity contribution in [1.29, 1.82) is 0 Å². The first-order chi connectivity index (χ1) is 16.8. The average molecular weight is 498 g/mol. The van der Waals surface area contributed by atoms with E-state index in [-0.39, 0.29) is 22.6 Å². The van der Waals surface area contributed by atoms with Crippen molar-refractivity contribution < 1.29 is 17.7 Å². The molecule has 1 amide bonds. The first-order valence-electron chi connectivity index (χ1n) is 10.9. The van der Waals surface area contributed by atoms with Crippen molar-refractivity contribution in [3.63, 3.8) is 0 Å². The minimum Gasteiger partial charge on any atom is -0.353 e. The van der Waals surface area contributed by atoms with Crippen LogP contribution in [0, 0.1) is 19.8 Å². The molecule has 0 bridgehead atoms. The molecule has 0 saturated carbocycles. The molecular formula is C21H23N9O4S. The van der Waals surface area contributed by atoms with Crippen LogP contribution in [0.3, 0.4) is 0 Å². The Bertz CT molecular complexity index is 1510. The number of hydrogen-bond donors (Lipinski definition) is 2. The minimum atomic E-state index is -3.86. The van der Waals surface area contributed by atoms with Crippen LogP contribution in [-0.4, -0.2) is 57.5 Å². The van der Waals surface area contributed by atoms with Crippen molar-refractivity contribution in [2.45, 2.75) is 32.2 Å². The highest BCUT2D eigenvalue weighted by molar-refractivity contribution is 7.92. The monoisotopic (exact) mass is 497 g/mol. The van der Waals surface area contributed by atoms with Gasteiger partial charge in [-0.3, -0.25) is 4.79 Å². The molecule has 2 N–H and O–H groups in total. The Balaban J connectivity index is 1.21. The molecular weight excluding hydrogens is 474 g/mol. The SMILES string of the molecule is CCn1nnc2c(N3CC(C(=O)Nc4ccc(S(=O)(=O)Nc5onc(C)c5C)cc4)C3)ncnc21. The van der Waals surface area contributed by atoms with Gasteiger partial charge >= 0.3 is 0 Å². The number of sulfonamides is 1. The van der Waals surface area contributed by atoms with Crippen molar-refractivity contribution in [2.24, 2.45) is 5.92 Å². The third-order valence-corrected chi connectivity index (χ3v) is 7.30. The molecule has 5 rings (SSSR count). The van der Waals surface area contributed by atoms with E-state index in [9.17, 15) is 13.2 Å². The molecule has 1 aromatic carbocycles. The second kappa shape index (κ2) is 8.61. The highest BCUT2D eigenvalue weighted by Crippen LogP contribution is 2.28. The molecule has 1 aliphatic heterocycles. The zero-order valence-corrected chi connectivity index (χ0v) is 20.1. The van der Waals surface area contributed by atoms with Gasteiger partial charge < -0.3 is 14.7 Å². The predicted octanol–water partition coefficient (Wildman–Crippen LogP) is 1.72. The molecule has 182 valence electrons. The fraction of sp³-hybridized carbons (Fsp3) is 0.333. The van der Waals surface area contributed by atoms with E-state index in [2.05, 4.69) is 35.5 Å². The second-order valence-electron chi connectivity index (χ2n) is 8.22. The normalized spacial score (nSPS) is 14.2. The molecule has 0 spiro atoms. The van der Waals surface area contributed by atoms with Crippen LogP contribution in [-0.2, 0) is 21.4 Å². The zero-order chi connectivity index (χ0) is 24.7. The van der Waals surface area contributed by atoms with Crippen LogP contribution in [0.5, 0.6) is 0 Å². The molecule has 3 aromatic heterocycles. The van der Waals surface area contributed by atoms with Crippen molar-refractivity contribution in [3.05, 3.63) is 41.9 Å². The van der Waals surface area contributed by atoms with Gasteiger partial charge in [-0.15, -0.1) is 5.10 Å². The van der Waals surface area contributed by atoms with E-state index in [1.165, 1.54) is 18.5 Å². The number of hydrogen-bond acceptors (Lipinski definition) is 10. The number of nitrogens with one attached hydrogen (secondary N) is 2. The molecule has 14 heteroatoms. The van der Waals surface area contributed by atoms with Gasteiger partial charge in [0.05, 0.1) is 16.5 Å². The zero-order valence-electron chi connectivity index (χ0n) is 19.3. The van der Waals surface area contributed by atoms with E-state index in [1.54, 1.807) is 30.7 Å². The molecule has 13 nitrogen and oxygen atoms in total. The Morgan fingerprint density at radius 2 is 1.91 bits per heavy atom. The van der Waals surface area contributed by atoms with Gasteiger partial charge in [-0.05, 0) is 45.0 Å². The summed E-state index contributed by atoms with van der Waals surface area (Å²) in [6.07, 6.45) is 1.47. The van der Waals surface area contributed by atoms with E-state index >= 15 is 0 Å². The van der Waals surface area contributed by atoms with Gasteiger partial charge in [-0.25, -0.2) is 27.8 Å². The third kappa shape index (κ3) is 4.16. The van der Waals surface area contributed by atoms with Crippen LogP contribution in [0.4, 0.5) is 17.4 Å². The Hall–Kier alpha value is -4.07. The van der Waals surface area contributed by atoms with E-state index in [1.807, 2.05) is 11.8 Å². The molecule has 0 unspecified atom stereocenters. The maximum Gasteiger partial charge on any atom is 0.264 e. The van der Waals surface area contributed by atoms with Crippen LogP contribution in [0.15, 0.2) is 40.0 Å². The number of carbonyl (C=O) groups is 1. The summed E-state index contributed by atoms with van der Waals surface area (Å²) in [7, 11) is -3.86. The lowest BCUT2D eigenvalue weighted by molar-refractivity contribution is -0.120. The minimum absolute atomic E-state index is 0.0340. The lowest BCUT2D eigenvalue weighted by Crippen LogP contribution is -2.52. The number of nitrogens with zero attached hydrogens (tertiary/aromatic N) is 7. The van der Waals surface area contributed by atoms with Gasteiger partial charge in [0.25, 0.3) is 10.0 Å². The lowest BCUT2D eigenvalue weighted by Gasteiger charge is -2.38. The topological polar surface area (TPSA) is 161 Å². The maximum absolute atomic E-state index is 12.7. The first-order valence-corrected chi connectivity index (χ1v) is 12.4. The molecule has 1 saturated heterocycles. The van der Waals surface area contributed by atoms with E-state index in [0.717, 1.165) is 0 Å². The van der Waals surface area contributed by atoms with Gasteiger partial charge in [0, 0.05) is 30.9 Å². The van der Waals surface area contributed by atoms with Crippen LogP contribution < -0.4 is 14.9 Å². The number of rotatable bonds is 7. The molecule has 1 aliphatic rings. The van der Waals surface area contributed by atoms with Crippen molar-refractivity contribution in [3.8, 4) is 0 Å². The lowest BCUT2D eigenvalue weighted by atomic mass is 9.99. The summed E-state index contributed by atoms with van der Waals surface area (Å²) in [5, 5.41) is 14.8. The van der Waals surface area contributed by atoms with Crippen molar-refractivity contribution in [1.82, 2.24) is 30.1 Å². The number of benzene rings is 1. The number of carbonyl (C=O) groups excluding carboxylic acids is 1. The fourth-order valence-corrected chi connectivity index (χ4v) is 4.74. The van der Waals surface area contributed by atoms with Gasteiger partial charge in [0.2, 0.25) is 11.8 Å². The Labute approximate surface area is 200 Å². The highest BCUT2D eigenvalue weighted by Gasteiger charge is 2.35. The summed E-state index contributed by atoms with van der Waals surface area (Å²) in [5.41, 5.74) is 2.98. The van der Waals surface area contributed by atoms with Crippen molar-refractivity contribution in [2.75, 3.05) is 28.0 Å². The largest absolute Gasteiger partial charge is 0.353 e. The second-order valence-corrected chi connectivity index (χ2v) is 9.90. The van der Waals surface area contributed by atoms with E-state index in [4.69, 9.17) is 4.52 Å². The third-order valence-electron chi connectivity index (χ3n) is 5.95. The van der Waals surface area contributed by atoms with Crippen molar-refractivity contribution >= 4 is 44.5 Å². The van der Waals surface area contributed by atoms with Crippen LogP contribution >= 0.6 is 0 Å². The summed E-state index contributed by atoms with van der Waals surface area (Å²) in [4.78, 5) is 23.2. The Morgan fingerprint density at radius 3 is 2.57 bits per heavy atom. The van der Waals surface area contributed by atoms with Crippen LogP contribution in [0.1, 0.15) is 18.2 Å². The number of aryl methyl sites for hydroxylation is 2. The molecule has 0 radical (unpaired) electrons. The smallest absolute Gasteiger partial charge is 0.264 e. The Kier molecular flexibility index (Phi) is 5.59. The standard InChI is InChI=1S/C21H23N9O4S/c1-4-30-19-17(25-28-30)18(22-11-23-19)29-9-14(10-29)20(31)24-15-5-7-16(8-6-15)35(32,33)27-21-12(2)13(3)26-34-21/h5-8,11,14,27H,4,9-10H2,1-3H3,(H,24,31). The summed E-state index contributed by atoms with van der Waals surface area (Å²) in [5.74, 6) is 0.319. The summed E-state index contributed by atoms with van der Waals surface area (Å²) in [6, 6.07) is 5.91. The van der Waals surface area contributed by atoms with Gasteiger partial charge in [-0.2, -0.15) is 0 Å². The summed E-state index contributed by atoms with van der Waals surface area (Å²) in [6.45, 7) is 6.99. The molecule has 4 heterocycles. The first kappa shape index (κ1) is 22.7. The predicted molar refractivity (Wildman–Crippen MR) is 126 cm³/mol. The van der Waals surface area contributed by atoms with Crippen LogP contribution in [0.2, 0.25) is 0 Å².